The summed E-state index contributed by atoms with van der Waals surface area (Å²) in [4.78, 5) is 11.9. The Morgan fingerprint density at radius 3 is 2.59 bits per heavy atom. The molecule has 1 saturated heterocycles. The van der Waals surface area contributed by atoms with Crippen molar-refractivity contribution in [3.8, 4) is 0 Å². The smallest absolute Gasteiger partial charge is 0.411 e. The standard InChI is InChI=1S/C17H25NO4/c1-11-7-12(2)9-14(8-11)18-17(19)21-10-15-13(3)5-6-16(20-4)22-15/h7-9,13,15-16H,5-6,10H2,1-4H3,(H,18,19). The van der Waals surface area contributed by atoms with Crippen LogP contribution < -0.4 is 5.32 Å². The first kappa shape index (κ1) is 16.8. The number of hydrogen-bond donors (Lipinski definition) is 1. The van der Waals surface area contributed by atoms with Gasteiger partial charge in [-0.2, -0.15) is 0 Å². The molecule has 0 spiro atoms. The molecule has 1 fully saturated rings. The number of carbonyl (C=O) groups excluding carboxylic acids is 1. The molecule has 22 heavy (non-hydrogen) atoms. The molecule has 1 amide bonds. The first-order chi connectivity index (χ1) is 10.5. The van der Waals surface area contributed by atoms with Crippen LogP contribution in [-0.2, 0) is 14.2 Å². The van der Waals surface area contributed by atoms with Crippen LogP contribution in [0.15, 0.2) is 18.2 Å². The van der Waals surface area contributed by atoms with E-state index in [4.69, 9.17) is 14.2 Å². The summed E-state index contributed by atoms with van der Waals surface area (Å²) in [5.41, 5.74) is 2.94. The maximum Gasteiger partial charge on any atom is 0.411 e. The van der Waals surface area contributed by atoms with Crippen molar-refractivity contribution in [3.05, 3.63) is 29.3 Å². The van der Waals surface area contributed by atoms with Gasteiger partial charge in [-0.25, -0.2) is 4.79 Å². The number of benzene rings is 1. The van der Waals surface area contributed by atoms with Crippen molar-refractivity contribution in [2.24, 2.45) is 5.92 Å². The second-order valence-corrected chi connectivity index (χ2v) is 5.99. The Hall–Kier alpha value is -1.59. The van der Waals surface area contributed by atoms with Crippen molar-refractivity contribution in [1.29, 1.82) is 0 Å². The maximum atomic E-state index is 11.9. The molecule has 2 rings (SSSR count). The Morgan fingerprint density at radius 2 is 1.95 bits per heavy atom. The number of nitrogens with one attached hydrogen (secondary N) is 1. The molecule has 5 heteroatoms. The third-order valence-corrected chi connectivity index (χ3v) is 3.93. The number of amides is 1. The molecule has 3 unspecified atom stereocenters. The van der Waals surface area contributed by atoms with Gasteiger partial charge in [0.2, 0.25) is 0 Å². The number of hydrogen-bond acceptors (Lipinski definition) is 4. The summed E-state index contributed by atoms with van der Waals surface area (Å²) in [5.74, 6) is 0.348. The second kappa shape index (κ2) is 7.61. The number of aryl methyl sites for hydroxylation is 2. The van der Waals surface area contributed by atoms with Crippen LogP contribution in [0.3, 0.4) is 0 Å². The van der Waals surface area contributed by atoms with E-state index in [9.17, 15) is 4.79 Å². The van der Waals surface area contributed by atoms with Gasteiger partial charge in [0.15, 0.2) is 6.29 Å². The summed E-state index contributed by atoms with van der Waals surface area (Å²) in [6.07, 6.45) is 1.10. The zero-order valence-corrected chi connectivity index (χ0v) is 13.7. The molecule has 0 radical (unpaired) electrons. The molecule has 1 heterocycles. The van der Waals surface area contributed by atoms with E-state index >= 15 is 0 Å². The molecule has 1 aliphatic rings. The van der Waals surface area contributed by atoms with Crippen LogP contribution in [0.1, 0.15) is 30.9 Å². The van der Waals surface area contributed by atoms with Gasteiger partial charge in [-0.1, -0.05) is 13.0 Å². The van der Waals surface area contributed by atoms with Crippen LogP contribution >= 0.6 is 0 Å². The molecule has 122 valence electrons. The van der Waals surface area contributed by atoms with Crippen LogP contribution in [0, 0.1) is 19.8 Å². The first-order valence-electron chi connectivity index (χ1n) is 7.68. The van der Waals surface area contributed by atoms with Gasteiger partial charge in [0.25, 0.3) is 0 Å². The predicted octanol–water partition coefficient (Wildman–Crippen LogP) is 3.64. The summed E-state index contributed by atoms with van der Waals surface area (Å²) in [5, 5.41) is 2.76. The van der Waals surface area contributed by atoms with Gasteiger partial charge in [0.05, 0.1) is 6.10 Å². The predicted molar refractivity (Wildman–Crippen MR) is 85.0 cm³/mol. The lowest BCUT2D eigenvalue weighted by atomic mass is 9.96. The van der Waals surface area contributed by atoms with Gasteiger partial charge in [-0.05, 0) is 55.9 Å². The number of rotatable bonds is 4. The summed E-state index contributed by atoms with van der Waals surface area (Å²) in [7, 11) is 1.63. The summed E-state index contributed by atoms with van der Waals surface area (Å²) in [6, 6.07) is 5.88. The molecule has 5 nitrogen and oxygen atoms in total. The van der Waals surface area contributed by atoms with Crippen LogP contribution in [0.5, 0.6) is 0 Å². The Bertz CT molecular complexity index is 497. The molecule has 0 bridgehead atoms. The van der Waals surface area contributed by atoms with Crippen LogP contribution in [0.2, 0.25) is 0 Å². The highest BCUT2D eigenvalue weighted by Gasteiger charge is 2.29. The van der Waals surface area contributed by atoms with Gasteiger partial charge in [0.1, 0.15) is 6.61 Å². The van der Waals surface area contributed by atoms with Gasteiger partial charge < -0.3 is 14.2 Å². The van der Waals surface area contributed by atoms with E-state index in [0.717, 1.165) is 29.7 Å². The Balaban J connectivity index is 1.84. The van der Waals surface area contributed by atoms with Crippen molar-refractivity contribution in [3.63, 3.8) is 0 Å². The SMILES string of the molecule is COC1CCC(C)C(COC(=O)Nc2cc(C)cc(C)c2)O1. The number of carbonyl (C=O) groups is 1. The lowest BCUT2D eigenvalue weighted by Crippen LogP contribution is -2.38. The van der Waals surface area contributed by atoms with Crippen molar-refractivity contribution in [1.82, 2.24) is 0 Å². The average Bonchev–Trinajstić information content (AvgIpc) is 2.45. The maximum absolute atomic E-state index is 11.9. The van der Waals surface area contributed by atoms with Gasteiger partial charge in [0, 0.05) is 12.8 Å². The lowest BCUT2D eigenvalue weighted by Gasteiger charge is -2.33. The topological polar surface area (TPSA) is 56.8 Å². The molecule has 1 aromatic carbocycles. The van der Waals surface area contributed by atoms with Crippen molar-refractivity contribution >= 4 is 11.8 Å². The summed E-state index contributed by atoms with van der Waals surface area (Å²) in [6.45, 7) is 6.32. The highest BCUT2D eigenvalue weighted by Crippen LogP contribution is 2.25. The fraction of sp³-hybridized carbons (Fsp3) is 0.588. The largest absolute Gasteiger partial charge is 0.447 e. The third-order valence-electron chi connectivity index (χ3n) is 3.93. The molecule has 1 aromatic rings. The van der Waals surface area contributed by atoms with E-state index in [-0.39, 0.29) is 19.0 Å². The fourth-order valence-corrected chi connectivity index (χ4v) is 2.72. The highest BCUT2D eigenvalue weighted by molar-refractivity contribution is 5.84. The minimum absolute atomic E-state index is 0.122. The van der Waals surface area contributed by atoms with Crippen LogP contribution in [0.4, 0.5) is 10.5 Å². The van der Waals surface area contributed by atoms with Crippen molar-refractivity contribution in [2.45, 2.75) is 46.0 Å². The molecule has 3 atom stereocenters. The molecule has 1 aliphatic heterocycles. The first-order valence-corrected chi connectivity index (χ1v) is 7.68. The third kappa shape index (κ3) is 4.71. The minimum atomic E-state index is -0.458. The Labute approximate surface area is 131 Å². The quantitative estimate of drug-likeness (QED) is 0.922. The van der Waals surface area contributed by atoms with E-state index in [2.05, 4.69) is 18.3 Å². The summed E-state index contributed by atoms with van der Waals surface area (Å²) >= 11 is 0. The van der Waals surface area contributed by atoms with Gasteiger partial charge >= 0.3 is 6.09 Å². The Morgan fingerprint density at radius 1 is 1.27 bits per heavy atom. The molecule has 1 N–H and O–H groups in total. The summed E-state index contributed by atoms with van der Waals surface area (Å²) < 4.78 is 16.3. The minimum Gasteiger partial charge on any atom is -0.447 e. The number of ether oxygens (including phenoxy) is 3. The van der Waals surface area contributed by atoms with E-state index in [1.54, 1.807) is 7.11 Å². The van der Waals surface area contributed by atoms with Gasteiger partial charge in [-0.3, -0.25) is 5.32 Å². The zero-order chi connectivity index (χ0) is 16.1. The van der Waals surface area contributed by atoms with Crippen molar-refractivity contribution in [2.75, 3.05) is 19.0 Å². The molecular weight excluding hydrogens is 282 g/mol. The molecular formula is C17H25NO4. The average molecular weight is 307 g/mol. The molecule has 0 aliphatic carbocycles. The normalized spacial score (nSPS) is 24.8. The molecule has 0 saturated carbocycles. The lowest BCUT2D eigenvalue weighted by molar-refractivity contribution is -0.203. The monoisotopic (exact) mass is 307 g/mol. The van der Waals surface area contributed by atoms with E-state index in [0.29, 0.717) is 5.92 Å². The second-order valence-electron chi connectivity index (χ2n) is 5.99. The Kier molecular flexibility index (Phi) is 5.80. The highest BCUT2D eigenvalue weighted by atomic mass is 16.7. The van der Waals surface area contributed by atoms with E-state index in [1.165, 1.54) is 0 Å². The van der Waals surface area contributed by atoms with Crippen molar-refractivity contribution < 1.29 is 19.0 Å². The van der Waals surface area contributed by atoms with Gasteiger partial charge in [-0.15, -0.1) is 0 Å². The van der Waals surface area contributed by atoms with Crippen LogP contribution in [0.25, 0.3) is 0 Å². The number of methoxy groups -OCH3 is 1. The molecule has 0 aromatic heterocycles. The number of anilines is 1. The van der Waals surface area contributed by atoms with Crippen LogP contribution in [-0.4, -0.2) is 32.2 Å². The fourth-order valence-electron chi connectivity index (χ4n) is 2.72. The van der Waals surface area contributed by atoms with E-state index in [1.807, 2.05) is 26.0 Å². The van der Waals surface area contributed by atoms with E-state index < -0.39 is 6.09 Å². The zero-order valence-electron chi connectivity index (χ0n) is 13.7.